The number of ether oxygens (including phenoxy) is 1. The molecule has 0 unspecified atom stereocenters. The molecule has 0 bridgehead atoms. The van der Waals surface area contributed by atoms with E-state index < -0.39 is 15.4 Å². The summed E-state index contributed by atoms with van der Waals surface area (Å²) in [6, 6.07) is 14.0. The fourth-order valence-electron chi connectivity index (χ4n) is 3.03. The number of hydrogen-bond acceptors (Lipinski definition) is 4. The van der Waals surface area contributed by atoms with Crippen LogP contribution in [0.25, 0.3) is 0 Å². The maximum absolute atomic E-state index is 13.1. The Morgan fingerprint density at radius 3 is 2.21 bits per heavy atom. The average Bonchev–Trinajstić information content (AvgIpc) is 2.70. The molecule has 0 aliphatic heterocycles. The van der Waals surface area contributed by atoms with E-state index in [2.05, 4.69) is 5.32 Å². The van der Waals surface area contributed by atoms with Crippen LogP contribution in [0.4, 0.5) is 5.69 Å². The van der Waals surface area contributed by atoms with E-state index in [4.69, 9.17) is 4.74 Å². The summed E-state index contributed by atoms with van der Waals surface area (Å²) in [4.78, 5) is 13.2. The van der Waals surface area contributed by atoms with Gasteiger partial charge < -0.3 is 10.1 Å². The molecular formula is C22H30N2O4S. The first-order valence-corrected chi connectivity index (χ1v) is 11.3. The first-order valence-electron chi connectivity index (χ1n) is 9.82. The average molecular weight is 419 g/mol. The van der Waals surface area contributed by atoms with Gasteiger partial charge in [-0.15, -0.1) is 0 Å². The second-order valence-electron chi connectivity index (χ2n) is 7.13. The van der Waals surface area contributed by atoms with E-state index >= 15 is 0 Å². The molecule has 0 radical (unpaired) electrons. The Hall–Kier alpha value is -2.38. The van der Waals surface area contributed by atoms with Crippen molar-refractivity contribution in [3.05, 3.63) is 54.1 Å². The summed E-state index contributed by atoms with van der Waals surface area (Å²) >= 11 is 0. The van der Waals surface area contributed by atoms with Crippen LogP contribution in [0, 0.1) is 0 Å². The van der Waals surface area contributed by atoms with Gasteiger partial charge in [-0.3, -0.25) is 4.79 Å². The number of nitrogens with one attached hydrogen (secondary N) is 1. The smallest absolute Gasteiger partial charge is 0.243 e. The van der Waals surface area contributed by atoms with Gasteiger partial charge in [-0.05, 0) is 44.5 Å². The molecule has 2 aromatic carbocycles. The van der Waals surface area contributed by atoms with Gasteiger partial charge in [0, 0.05) is 13.1 Å². The van der Waals surface area contributed by atoms with E-state index in [1.807, 2.05) is 51.1 Å². The largest absolute Gasteiger partial charge is 0.492 e. The van der Waals surface area contributed by atoms with E-state index in [0.29, 0.717) is 31.1 Å². The van der Waals surface area contributed by atoms with Gasteiger partial charge in [-0.25, -0.2) is 8.42 Å². The second-order valence-corrected chi connectivity index (χ2v) is 9.06. The van der Waals surface area contributed by atoms with Gasteiger partial charge in [-0.2, -0.15) is 4.31 Å². The van der Waals surface area contributed by atoms with Crippen LogP contribution < -0.4 is 10.1 Å². The molecule has 0 aliphatic carbocycles. The quantitative estimate of drug-likeness (QED) is 0.667. The monoisotopic (exact) mass is 418 g/mol. The molecular weight excluding hydrogens is 388 g/mol. The number of amides is 1. The molecule has 0 saturated carbocycles. The van der Waals surface area contributed by atoms with E-state index in [0.717, 1.165) is 5.56 Å². The summed E-state index contributed by atoms with van der Waals surface area (Å²) in [6.45, 7) is 10.2. The number of rotatable bonds is 9. The first-order chi connectivity index (χ1) is 13.7. The number of carbonyl (C=O) groups is 1. The van der Waals surface area contributed by atoms with Crippen molar-refractivity contribution in [2.24, 2.45) is 0 Å². The zero-order valence-corrected chi connectivity index (χ0v) is 18.5. The zero-order chi connectivity index (χ0) is 21.7. The van der Waals surface area contributed by atoms with Crippen molar-refractivity contribution in [1.29, 1.82) is 0 Å². The highest BCUT2D eigenvalue weighted by Crippen LogP contribution is 2.32. The van der Waals surface area contributed by atoms with Crippen LogP contribution in [0.5, 0.6) is 5.75 Å². The van der Waals surface area contributed by atoms with Crippen LogP contribution in [0.15, 0.2) is 53.4 Å². The standard InChI is InChI=1S/C22H30N2O4S/c1-6-24(7-2)29(26,27)18-14-15-20(28-8-3)19(16-18)23-21(25)22(4,5)17-12-10-9-11-13-17/h9-16H,6-8H2,1-5H3,(H,23,25). The Balaban J connectivity index is 2.44. The van der Waals surface area contributed by atoms with Crippen molar-refractivity contribution in [3.8, 4) is 5.75 Å². The minimum Gasteiger partial charge on any atom is -0.492 e. The molecule has 0 spiro atoms. The van der Waals surface area contributed by atoms with Crippen molar-refractivity contribution < 1.29 is 17.9 Å². The van der Waals surface area contributed by atoms with Crippen molar-refractivity contribution in [2.45, 2.75) is 44.9 Å². The SMILES string of the molecule is CCOc1ccc(S(=O)(=O)N(CC)CC)cc1NC(=O)C(C)(C)c1ccccc1. The van der Waals surface area contributed by atoms with E-state index in [1.54, 1.807) is 19.9 Å². The van der Waals surface area contributed by atoms with Crippen LogP contribution in [-0.2, 0) is 20.2 Å². The predicted molar refractivity (Wildman–Crippen MR) is 116 cm³/mol. The number of hydrogen-bond donors (Lipinski definition) is 1. The summed E-state index contributed by atoms with van der Waals surface area (Å²) in [6.07, 6.45) is 0. The van der Waals surface area contributed by atoms with E-state index in [1.165, 1.54) is 16.4 Å². The third-order valence-corrected chi connectivity index (χ3v) is 6.95. The Kier molecular flexibility index (Phi) is 7.43. The van der Waals surface area contributed by atoms with Gasteiger partial charge in [0.25, 0.3) is 0 Å². The van der Waals surface area contributed by atoms with Crippen molar-refractivity contribution in [1.82, 2.24) is 4.31 Å². The zero-order valence-electron chi connectivity index (χ0n) is 17.7. The molecule has 0 fully saturated rings. The molecule has 0 saturated heterocycles. The molecule has 0 aliphatic rings. The maximum atomic E-state index is 13.1. The lowest BCUT2D eigenvalue weighted by Gasteiger charge is -2.25. The molecule has 2 aromatic rings. The Morgan fingerprint density at radius 2 is 1.66 bits per heavy atom. The lowest BCUT2D eigenvalue weighted by atomic mass is 9.83. The van der Waals surface area contributed by atoms with Crippen molar-refractivity contribution >= 4 is 21.6 Å². The van der Waals surface area contributed by atoms with Crippen LogP contribution in [0.1, 0.15) is 40.2 Å². The predicted octanol–water partition coefficient (Wildman–Crippen LogP) is 4.03. The summed E-state index contributed by atoms with van der Waals surface area (Å²) in [5.41, 5.74) is 0.398. The number of sulfonamides is 1. The number of anilines is 1. The molecule has 1 amide bonds. The molecule has 0 heterocycles. The third kappa shape index (κ3) is 4.97. The Morgan fingerprint density at radius 1 is 1.03 bits per heavy atom. The molecule has 6 nitrogen and oxygen atoms in total. The summed E-state index contributed by atoms with van der Waals surface area (Å²) < 4.78 is 32.8. The third-order valence-electron chi connectivity index (χ3n) is 4.91. The maximum Gasteiger partial charge on any atom is 0.243 e. The minimum absolute atomic E-state index is 0.123. The highest BCUT2D eigenvalue weighted by molar-refractivity contribution is 7.89. The molecule has 158 valence electrons. The van der Waals surface area contributed by atoms with Gasteiger partial charge in [0.1, 0.15) is 5.75 Å². The summed E-state index contributed by atoms with van der Waals surface area (Å²) in [5, 5.41) is 2.87. The fourth-order valence-corrected chi connectivity index (χ4v) is 4.51. The normalized spacial score (nSPS) is 12.1. The van der Waals surface area contributed by atoms with Gasteiger partial charge in [0.2, 0.25) is 15.9 Å². The van der Waals surface area contributed by atoms with E-state index in [9.17, 15) is 13.2 Å². The molecule has 7 heteroatoms. The molecule has 0 aromatic heterocycles. The fraction of sp³-hybridized carbons (Fsp3) is 0.409. The summed E-state index contributed by atoms with van der Waals surface area (Å²) in [5.74, 6) is 0.185. The van der Waals surface area contributed by atoms with Gasteiger partial charge in [0.15, 0.2) is 0 Å². The van der Waals surface area contributed by atoms with E-state index in [-0.39, 0.29) is 10.8 Å². The molecule has 2 rings (SSSR count). The molecule has 0 atom stereocenters. The first kappa shape index (κ1) is 22.9. The molecule has 29 heavy (non-hydrogen) atoms. The highest BCUT2D eigenvalue weighted by Gasteiger charge is 2.31. The van der Waals surface area contributed by atoms with Gasteiger partial charge in [-0.1, -0.05) is 44.2 Å². The van der Waals surface area contributed by atoms with Gasteiger partial charge >= 0.3 is 0 Å². The van der Waals surface area contributed by atoms with Gasteiger partial charge in [0.05, 0.1) is 22.6 Å². The second kappa shape index (κ2) is 9.41. The Labute approximate surface area is 173 Å². The van der Waals surface area contributed by atoms with Crippen LogP contribution in [0.2, 0.25) is 0 Å². The number of carbonyl (C=O) groups excluding carboxylic acids is 1. The minimum atomic E-state index is -3.65. The summed E-state index contributed by atoms with van der Waals surface area (Å²) in [7, 11) is -3.65. The lowest BCUT2D eigenvalue weighted by molar-refractivity contribution is -0.120. The van der Waals surface area contributed by atoms with Crippen molar-refractivity contribution in [3.63, 3.8) is 0 Å². The van der Waals surface area contributed by atoms with Crippen molar-refractivity contribution in [2.75, 3.05) is 25.0 Å². The lowest BCUT2D eigenvalue weighted by Crippen LogP contribution is -2.35. The van der Waals surface area contributed by atoms with Crippen LogP contribution in [0.3, 0.4) is 0 Å². The topological polar surface area (TPSA) is 75.7 Å². The number of benzene rings is 2. The number of nitrogens with zero attached hydrogens (tertiary/aromatic N) is 1. The highest BCUT2D eigenvalue weighted by atomic mass is 32.2. The molecule has 1 N–H and O–H groups in total. The van der Waals surface area contributed by atoms with Crippen LogP contribution in [-0.4, -0.2) is 38.3 Å². The Bertz CT molecular complexity index is 937. The van der Waals surface area contributed by atoms with Crippen LogP contribution >= 0.6 is 0 Å².